The summed E-state index contributed by atoms with van der Waals surface area (Å²) in [6, 6.07) is 8.45. The van der Waals surface area contributed by atoms with E-state index in [2.05, 4.69) is 0 Å². The van der Waals surface area contributed by atoms with Gasteiger partial charge in [0.2, 0.25) is 0 Å². The second-order valence-corrected chi connectivity index (χ2v) is 6.06. The van der Waals surface area contributed by atoms with Crippen molar-refractivity contribution < 1.29 is 19.1 Å². The average Bonchev–Trinajstić information content (AvgIpc) is 3.03. The van der Waals surface area contributed by atoms with Gasteiger partial charge < -0.3 is 4.74 Å². The highest BCUT2D eigenvalue weighted by atomic mass is 32.1. The third-order valence-electron chi connectivity index (χ3n) is 3.70. The van der Waals surface area contributed by atoms with Crippen LogP contribution in [0, 0.1) is 18.3 Å². The lowest BCUT2D eigenvalue weighted by atomic mass is 10.1. The molecule has 3 rings (SSSR count). The summed E-state index contributed by atoms with van der Waals surface area (Å²) >= 11 is 0.921. The van der Waals surface area contributed by atoms with E-state index in [1.165, 1.54) is 0 Å². The molecule has 6 nitrogen and oxygen atoms in total. The van der Waals surface area contributed by atoms with E-state index in [1.807, 2.05) is 6.07 Å². The minimum absolute atomic E-state index is 0.137. The number of nitrogens with zero attached hydrogens (tertiary/aromatic N) is 2. The summed E-state index contributed by atoms with van der Waals surface area (Å²) in [5.74, 6) is -1.56. The van der Waals surface area contributed by atoms with Crippen molar-refractivity contribution in [2.75, 3.05) is 11.5 Å². The number of anilines is 1. The molecule has 120 valence electrons. The van der Waals surface area contributed by atoms with Gasteiger partial charge in [0.1, 0.15) is 15.9 Å². The quantitative estimate of drug-likeness (QED) is 0.633. The Bertz CT molecular complexity index is 888. The number of esters is 1. The number of hydrogen-bond acceptors (Lipinski definition) is 6. The van der Waals surface area contributed by atoms with E-state index in [-0.39, 0.29) is 33.2 Å². The fourth-order valence-electron chi connectivity index (χ4n) is 2.55. The number of ether oxygens (including phenoxy) is 1. The van der Waals surface area contributed by atoms with Gasteiger partial charge in [-0.1, -0.05) is 12.1 Å². The molecule has 2 heterocycles. The highest BCUT2D eigenvalue weighted by molar-refractivity contribution is 7.18. The second kappa shape index (κ2) is 5.91. The number of imide groups is 1. The number of thiophene rings is 1. The van der Waals surface area contributed by atoms with Crippen LogP contribution in [0.4, 0.5) is 5.00 Å². The van der Waals surface area contributed by atoms with Gasteiger partial charge in [-0.05, 0) is 31.5 Å². The maximum atomic E-state index is 12.6. The van der Waals surface area contributed by atoms with E-state index >= 15 is 0 Å². The highest BCUT2D eigenvalue weighted by Gasteiger charge is 2.39. The number of nitriles is 1. The van der Waals surface area contributed by atoms with Crippen LogP contribution in [-0.4, -0.2) is 24.4 Å². The topological polar surface area (TPSA) is 87.5 Å². The van der Waals surface area contributed by atoms with Crippen molar-refractivity contribution in [3.8, 4) is 6.07 Å². The molecule has 1 aromatic carbocycles. The maximum Gasteiger partial charge on any atom is 0.348 e. The number of carbonyl (C=O) groups is 3. The molecule has 0 spiro atoms. The lowest BCUT2D eigenvalue weighted by Crippen LogP contribution is -2.29. The molecule has 1 aliphatic rings. The Morgan fingerprint density at radius 1 is 1.25 bits per heavy atom. The minimum Gasteiger partial charge on any atom is -0.462 e. The average molecular weight is 340 g/mol. The molecule has 0 aliphatic carbocycles. The van der Waals surface area contributed by atoms with E-state index in [1.54, 1.807) is 38.1 Å². The summed E-state index contributed by atoms with van der Waals surface area (Å²) in [5.41, 5.74) is 1.12. The van der Waals surface area contributed by atoms with Crippen molar-refractivity contribution in [2.24, 2.45) is 0 Å². The highest BCUT2D eigenvalue weighted by Crippen LogP contribution is 2.39. The van der Waals surface area contributed by atoms with Gasteiger partial charge in [-0.3, -0.25) is 9.59 Å². The van der Waals surface area contributed by atoms with Crippen LogP contribution in [0.3, 0.4) is 0 Å². The van der Waals surface area contributed by atoms with Crippen LogP contribution < -0.4 is 4.90 Å². The fourth-order valence-corrected chi connectivity index (χ4v) is 3.70. The molecule has 0 atom stereocenters. The van der Waals surface area contributed by atoms with Crippen LogP contribution in [0.15, 0.2) is 24.3 Å². The lowest BCUT2D eigenvalue weighted by molar-refractivity contribution is 0.0531. The number of amides is 2. The first kappa shape index (κ1) is 15.9. The second-order valence-electron chi connectivity index (χ2n) is 5.06. The molecule has 0 N–H and O–H groups in total. The van der Waals surface area contributed by atoms with Crippen LogP contribution in [0.5, 0.6) is 0 Å². The third kappa shape index (κ3) is 2.20. The van der Waals surface area contributed by atoms with Gasteiger partial charge in [-0.15, -0.1) is 11.3 Å². The van der Waals surface area contributed by atoms with Crippen molar-refractivity contribution in [3.63, 3.8) is 0 Å². The largest absolute Gasteiger partial charge is 0.462 e. The Morgan fingerprint density at radius 3 is 2.33 bits per heavy atom. The Balaban J connectivity index is 2.13. The predicted molar refractivity (Wildman–Crippen MR) is 87.3 cm³/mol. The van der Waals surface area contributed by atoms with E-state index in [4.69, 9.17) is 4.74 Å². The van der Waals surface area contributed by atoms with Crippen LogP contribution >= 0.6 is 11.3 Å². The lowest BCUT2D eigenvalue weighted by Gasteiger charge is -2.11. The molecule has 2 amide bonds. The molecule has 0 fully saturated rings. The summed E-state index contributed by atoms with van der Waals surface area (Å²) in [4.78, 5) is 38.4. The van der Waals surface area contributed by atoms with Gasteiger partial charge in [0.05, 0.1) is 23.3 Å². The number of fused-ring (bicyclic) bond motifs is 1. The Morgan fingerprint density at radius 2 is 1.83 bits per heavy atom. The first-order chi connectivity index (χ1) is 11.5. The van der Waals surface area contributed by atoms with Crippen LogP contribution in [0.25, 0.3) is 0 Å². The van der Waals surface area contributed by atoms with Gasteiger partial charge in [-0.25, -0.2) is 9.69 Å². The van der Waals surface area contributed by atoms with Gasteiger partial charge in [0.25, 0.3) is 11.8 Å². The van der Waals surface area contributed by atoms with E-state index in [0.29, 0.717) is 5.56 Å². The molecule has 1 aromatic heterocycles. The zero-order valence-corrected chi connectivity index (χ0v) is 13.8. The number of benzene rings is 1. The van der Waals surface area contributed by atoms with Crippen molar-refractivity contribution in [1.29, 1.82) is 5.26 Å². The molecule has 0 bridgehead atoms. The molecule has 24 heavy (non-hydrogen) atoms. The molecule has 7 heteroatoms. The molecule has 1 aliphatic heterocycles. The Hall–Kier alpha value is -2.98. The van der Waals surface area contributed by atoms with Gasteiger partial charge in [0, 0.05) is 0 Å². The first-order valence-corrected chi connectivity index (χ1v) is 8.01. The normalized spacial score (nSPS) is 13.0. The molecular weight excluding hydrogens is 328 g/mol. The SMILES string of the molecule is CCOC(=O)c1sc(N2C(=O)c3ccccc3C2=O)c(C#N)c1C. The van der Waals surface area contributed by atoms with Crippen molar-refractivity contribution in [3.05, 3.63) is 51.4 Å². The first-order valence-electron chi connectivity index (χ1n) is 7.19. The monoisotopic (exact) mass is 340 g/mol. The van der Waals surface area contributed by atoms with Gasteiger partial charge in [-0.2, -0.15) is 5.26 Å². The molecule has 0 saturated heterocycles. The summed E-state index contributed by atoms with van der Waals surface area (Å²) in [7, 11) is 0. The van der Waals surface area contributed by atoms with E-state index in [0.717, 1.165) is 16.2 Å². The van der Waals surface area contributed by atoms with Crippen LogP contribution in [0.2, 0.25) is 0 Å². The molecule has 0 saturated carbocycles. The summed E-state index contributed by atoms with van der Waals surface area (Å²) in [6.45, 7) is 3.47. The van der Waals surface area contributed by atoms with Gasteiger partial charge in [0.15, 0.2) is 0 Å². The van der Waals surface area contributed by atoms with Crippen molar-refractivity contribution in [2.45, 2.75) is 13.8 Å². The maximum absolute atomic E-state index is 12.6. The summed E-state index contributed by atoms with van der Waals surface area (Å²) < 4.78 is 4.97. The Labute approximate surface area is 141 Å². The van der Waals surface area contributed by atoms with Gasteiger partial charge >= 0.3 is 5.97 Å². The van der Waals surface area contributed by atoms with Crippen LogP contribution in [-0.2, 0) is 4.74 Å². The molecule has 0 radical (unpaired) electrons. The third-order valence-corrected chi connectivity index (χ3v) is 4.96. The fraction of sp³-hybridized carbons (Fsp3) is 0.176. The van der Waals surface area contributed by atoms with Crippen molar-refractivity contribution >= 4 is 34.1 Å². The minimum atomic E-state index is -0.570. The number of hydrogen-bond donors (Lipinski definition) is 0. The van der Waals surface area contributed by atoms with E-state index in [9.17, 15) is 19.6 Å². The summed E-state index contributed by atoms with van der Waals surface area (Å²) in [5, 5.41) is 9.59. The van der Waals surface area contributed by atoms with Crippen molar-refractivity contribution in [1.82, 2.24) is 0 Å². The summed E-state index contributed by atoms with van der Waals surface area (Å²) in [6.07, 6.45) is 0. The smallest absolute Gasteiger partial charge is 0.348 e. The Kier molecular flexibility index (Phi) is 3.91. The van der Waals surface area contributed by atoms with E-state index < -0.39 is 17.8 Å². The van der Waals surface area contributed by atoms with Crippen LogP contribution in [0.1, 0.15) is 48.4 Å². The number of rotatable bonds is 3. The predicted octanol–water partition coefficient (Wildman–Crippen LogP) is 2.91. The zero-order chi connectivity index (χ0) is 17.4. The number of carbonyl (C=O) groups excluding carboxylic acids is 3. The standard InChI is InChI=1S/C17H12N2O4S/c1-3-23-17(22)13-9(2)12(8-18)16(24-13)19-14(20)10-6-4-5-7-11(10)15(19)21/h4-7H,3H2,1-2H3. The zero-order valence-electron chi connectivity index (χ0n) is 13.0. The molecule has 2 aromatic rings. The molecular formula is C17H12N2O4S. The molecule has 0 unspecified atom stereocenters.